The van der Waals surface area contributed by atoms with Crippen LogP contribution in [-0.2, 0) is 17.8 Å². The summed E-state index contributed by atoms with van der Waals surface area (Å²) in [5, 5.41) is 0. The fraction of sp³-hybridized carbons (Fsp3) is 0.333. The number of hydrogen-bond donors (Lipinski definition) is 0. The van der Waals surface area contributed by atoms with E-state index >= 15 is 0 Å². The zero-order chi connectivity index (χ0) is 22.9. The zero-order valence-electron chi connectivity index (χ0n) is 18.2. The van der Waals surface area contributed by atoms with Gasteiger partial charge in [0, 0.05) is 36.6 Å². The number of fused-ring (bicyclic) bond motifs is 1. The molecule has 2 aromatic heterocycles. The van der Waals surface area contributed by atoms with Gasteiger partial charge in [0.05, 0.1) is 18.8 Å². The maximum Gasteiger partial charge on any atom is 0.274 e. The molecule has 0 spiro atoms. The van der Waals surface area contributed by atoms with E-state index in [1.165, 1.54) is 30.7 Å². The van der Waals surface area contributed by atoms with Crippen LogP contribution in [0.4, 0.5) is 10.2 Å². The molecule has 1 unspecified atom stereocenters. The van der Waals surface area contributed by atoms with Crippen molar-refractivity contribution in [1.82, 2.24) is 24.8 Å². The lowest BCUT2D eigenvalue weighted by molar-refractivity contribution is -0.119. The predicted octanol–water partition coefficient (Wildman–Crippen LogP) is 3.17. The second-order valence-electron chi connectivity index (χ2n) is 8.32. The predicted molar refractivity (Wildman–Crippen MR) is 118 cm³/mol. The van der Waals surface area contributed by atoms with Crippen molar-refractivity contribution in [2.45, 2.75) is 45.2 Å². The monoisotopic (exact) mass is 446 g/mol. The smallest absolute Gasteiger partial charge is 0.274 e. The molecular formula is C24H23FN6O2. The van der Waals surface area contributed by atoms with Crippen LogP contribution in [0, 0.1) is 12.7 Å². The fourth-order valence-corrected chi connectivity index (χ4v) is 4.52. The van der Waals surface area contributed by atoms with Crippen LogP contribution in [0.1, 0.15) is 58.4 Å². The zero-order valence-corrected chi connectivity index (χ0v) is 18.2. The molecule has 0 aliphatic carbocycles. The minimum absolute atomic E-state index is 0.0326. The molecule has 0 N–H and O–H groups in total. The van der Waals surface area contributed by atoms with Crippen molar-refractivity contribution in [2.75, 3.05) is 11.4 Å². The summed E-state index contributed by atoms with van der Waals surface area (Å²) in [5.74, 6) is 0.550. The van der Waals surface area contributed by atoms with Crippen molar-refractivity contribution in [1.29, 1.82) is 0 Å². The number of rotatable bonds is 4. The number of carbonyl (C=O) groups excluding carboxylic acids is 2. The maximum atomic E-state index is 13.3. The first-order valence-electron chi connectivity index (χ1n) is 11.0. The highest BCUT2D eigenvalue weighted by molar-refractivity contribution is 5.95. The first-order chi connectivity index (χ1) is 16.0. The molecule has 1 fully saturated rings. The number of amides is 2. The molecule has 8 nitrogen and oxygen atoms in total. The van der Waals surface area contributed by atoms with Crippen LogP contribution >= 0.6 is 0 Å². The number of halogens is 1. The highest BCUT2D eigenvalue weighted by Crippen LogP contribution is 2.35. The number of likely N-dealkylation sites (tertiary alicyclic amines) is 1. The van der Waals surface area contributed by atoms with Gasteiger partial charge in [-0.05, 0) is 43.9 Å². The van der Waals surface area contributed by atoms with Crippen molar-refractivity contribution in [3.05, 3.63) is 77.0 Å². The Balaban J connectivity index is 1.49. The van der Waals surface area contributed by atoms with E-state index in [1.807, 2.05) is 6.92 Å². The lowest BCUT2D eigenvalue weighted by Gasteiger charge is -2.31. The quantitative estimate of drug-likeness (QED) is 0.611. The third-order valence-corrected chi connectivity index (χ3v) is 6.20. The fourth-order valence-electron chi connectivity index (χ4n) is 4.52. The van der Waals surface area contributed by atoms with E-state index in [0.29, 0.717) is 37.6 Å². The molecule has 168 valence electrons. The molecule has 1 aromatic carbocycles. The van der Waals surface area contributed by atoms with Gasteiger partial charge < -0.3 is 4.90 Å². The van der Waals surface area contributed by atoms with Gasteiger partial charge in [-0.2, -0.15) is 0 Å². The largest absolute Gasteiger partial charge is 0.327 e. The SMILES string of the molecule is Cc1nc(C2CCCN2C(=O)c2cnccn2)nc2c1CCC(=O)N2Cc1ccc(F)cc1. The van der Waals surface area contributed by atoms with E-state index < -0.39 is 0 Å². The van der Waals surface area contributed by atoms with Crippen molar-refractivity contribution in [3.8, 4) is 0 Å². The Bertz CT molecular complexity index is 1200. The van der Waals surface area contributed by atoms with Gasteiger partial charge >= 0.3 is 0 Å². The molecule has 33 heavy (non-hydrogen) atoms. The average molecular weight is 446 g/mol. The van der Waals surface area contributed by atoms with Crippen LogP contribution in [0.25, 0.3) is 0 Å². The molecule has 2 amide bonds. The lowest BCUT2D eigenvalue weighted by atomic mass is 10.0. The van der Waals surface area contributed by atoms with Crippen LogP contribution in [0.2, 0.25) is 0 Å². The molecule has 0 saturated carbocycles. The van der Waals surface area contributed by atoms with E-state index in [4.69, 9.17) is 9.97 Å². The normalized spacial score (nSPS) is 17.9. The van der Waals surface area contributed by atoms with Crippen LogP contribution in [-0.4, -0.2) is 43.2 Å². The molecule has 2 aliphatic rings. The van der Waals surface area contributed by atoms with Crippen LogP contribution in [0.3, 0.4) is 0 Å². The van der Waals surface area contributed by atoms with Gasteiger partial charge in [0.1, 0.15) is 17.3 Å². The van der Waals surface area contributed by atoms with Gasteiger partial charge in [0.15, 0.2) is 5.82 Å². The summed E-state index contributed by atoms with van der Waals surface area (Å²) in [7, 11) is 0. The standard InChI is InChI=1S/C24H23FN6O2/c1-15-18-8-9-21(32)31(14-16-4-6-17(25)7-5-16)23(18)29-22(28-15)20-3-2-12-30(20)24(33)19-13-26-10-11-27-19/h4-7,10-11,13,20H,2-3,8-9,12,14H2,1H3. The number of anilines is 1. The molecule has 3 aromatic rings. The highest BCUT2D eigenvalue weighted by Gasteiger charge is 2.36. The van der Waals surface area contributed by atoms with Crippen molar-refractivity contribution < 1.29 is 14.0 Å². The molecular weight excluding hydrogens is 423 g/mol. The molecule has 4 heterocycles. The average Bonchev–Trinajstić information content (AvgIpc) is 3.32. The Labute approximate surface area is 190 Å². The third-order valence-electron chi connectivity index (χ3n) is 6.20. The number of carbonyl (C=O) groups is 2. The van der Waals surface area contributed by atoms with Gasteiger partial charge in [-0.1, -0.05) is 12.1 Å². The number of benzene rings is 1. The van der Waals surface area contributed by atoms with Crippen molar-refractivity contribution in [2.24, 2.45) is 0 Å². The maximum absolute atomic E-state index is 13.3. The summed E-state index contributed by atoms with van der Waals surface area (Å²) in [6.45, 7) is 2.80. The second-order valence-corrected chi connectivity index (χ2v) is 8.32. The van der Waals surface area contributed by atoms with Crippen LogP contribution in [0.5, 0.6) is 0 Å². The van der Waals surface area contributed by atoms with Crippen LogP contribution in [0.15, 0.2) is 42.9 Å². The Morgan fingerprint density at radius 2 is 1.97 bits per heavy atom. The second kappa shape index (κ2) is 8.65. The van der Waals surface area contributed by atoms with E-state index in [2.05, 4.69) is 9.97 Å². The van der Waals surface area contributed by atoms with E-state index in [9.17, 15) is 14.0 Å². The molecule has 5 rings (SSSR count). The Hall–Kier alpha value is -3.75. The molecule has 0 bridgehead atoms. The number of aryl methyl sites for hydroxylation is 1. The molecule has 2 aliphatic heterocycles. The molecule has 9 heteroatoms. The highest BCUT2D eigenvalue weighted by atomic mass is 19.1. The summed E-state index contributed by atoms with van der Waals surface area (Å²) in [4.78, 5) is 47.0. The summed E-state index contributed by atoms with van der Waals surface area (Å²) in [6, 6.07) is 5.81. The number of aromatic nitrogens is 4. The van der Waals surface area contributed by atoms with Crippen molar-refractivity contribution >= 4 is 17.6 Å². The minimum atomic E-state index is -0.321. The first kappa shape index (κ1) is 21.1. The summed E-state index contributed by atoms with van der Waals surface area (Å²) >= 11 is 0. The number of nitrogens with zero attached hydrogens (tertiary/aromatic N) is 6. The number of hydrogen-bond acceptors (Lipinski definition) is 6. The van der Waals surface area contributed by atoms with Gasteiger partial charge in [0.25, 0.3) is 5.91 Å². The van der Waals surface area contributed by atoms with E-state index in [0.717, 1.165) is 29.7 Å². The topological polar surface area (TPSA) is 92.2 Å². The van der Waals surface area contributed by atoms with Crippen LogP contribution < -0.4 is 4.90 Å². The van der Waals surface area contributed by atoms with Gasteiger partial charge in [0.2, 0.25) is 5.91 Å². The Morgan fingerprint density at radius 3 is 2.73 bits per heavy atom. The third kappa shape index (κ3) is 4.06. The van der Waals surface area contributed by atoms with Crippen molar-refractivity contribution in [3.63, 3.8) is 0 Å². The summed E-state index contributed by atoms with van der Waals surface area (Å²) in [6.07, 6.45) is 6.99. The Kier molecular flexibility index (Phi) is 5.53. The summed E-state index contributed by atoms with van der Waals surface area (Å²) in [5.41, 5.74) is 2.85. The van der Waals surface area contributed by atoms with E-state index in [-0.39, 0.29) is 29.4 Å². The Morgan fingerprint density at radius 1 is 1.15 bits per heavy atom. The summed E-state index contributed by atoms with van der Waals surface area (Å²) < 4.78 is 13.3. The molecule has 0 radical (unpaired) electrons. The van der Waals surface area contributed by atoms with Gasteiger partial charge in [-0.3, -0.25) is 19.5 Å². The molecule has 1 atom stereocenters. The lowest BCUT2D eigenvalue weighted by Crippen LogP contribution is -2.37. The molecule has 1 saturated heterocycles. The van der Waals surface area contributed by atoms with Gasteiger partial charge in [-0.25, -0.2) is 19.3 Å². The first-order valence-corrected chi connectivity index (χ1v) is 11.0. The minimum Gasteiger partial charge on any atom is -0.327 e. The van der Waals surface area contributed by atoms with Gasteiger partial charge in [-0.15, -0.1) is 0 Å². The van der Waals surface area contributed by atoms with E-state index in [1.54, 1.807) is 21.9 Å².